The van der Waals surface area contributed by atoms with Gasteiger partial charge in [-0.15, -0.1) is 0 Å². The van der Waals surface area contributed by atoms with Crippen LogP contribution in [-0.2, 0) is 13.5 Å². The molecule has 0 spiro atoms. The summed E-state index contributed by atoms with van der Waals surface area (Å²) >= 11 is 0. The van der Waals surface area contributed by atoms with Crippen LogP contribution in [0.2, 0.25) is 0 Å². The fourth-order valence-corrected chi connectivity index (χ4v) is 1.70. The minimum absolute atomic E-state index is 0.0114. The van der Waals surface area contributed by atoms with E-state index in [-0.39, 0.29) is 11.6 Å². The van der Waals surface area contributed by atoms with Crippen LogP contribution in [0.5, 0.6) is 0 Å². The van der Waals surface area contributed by atoms with E-state index in [2.05, 4.69) is 15.1 Å². The normalized spacial score (nSPS) is 12.6. The van der Waals surface area contributed by atoms with Crippen LogP contribution in [0.15, 0.2) is 23.3 Å². The van der Waals surface area contributed by atoms with Crippen LogP contribution in [0.1, 0.15) is 19.2 Å². The van der Waals surface area contributed by atoms with Gasteiger partial charge in [0.2, 0.25) is 0 Å². The van der Waals surface area contributed by atoms with E-state index in [1.165, 1.54) is 6.07 Å². The Balaban J connectivity index is 2.35. The van der Waals surface area contributed by atoms with Gasteiger partial charge >= 0.3 is 0 Å². The molecule has 1 atom stereocenters. The molecule has 96 valence electrons. The van der Waals surface area contributed by atoms with Crippen molar-refractivity contribution < 1.29 is 0 Å². The second-order valence-corrected chi connectivity index (χ2v) is 4.35. The molecule has 2 heterocycles. The first kappa shape index (κ1) is 12.5. The number of aromatic amines is 1. The number of nitrogens with zero attached hydrogens (tertiary/aromatic N) is 3. The maximum absolute atomic E-state index is 11.6. The van der Waals surface area contributed by atoms with Crippen molar-refractivity contribution in [1.82, 2.24) is 19.7 Å². The number of H-pyrrole nitrogens is 1. The minimum atomic E-state index is -0.165. The van der Waals surface area contributed by atoms with E-state index in [1.807, 2.05) is 20.2 Å². The zero-order chi connectivity index (χ0) is 13.1. The van der Waals surface area contributed by atoms with Crippen LogP contribution in [0, 0.1) is 0 Å². The maximum atomic E-state index is 11.6. The van der Waals surface area contributed by atoms with Crippen molar-refractivity contribution in [3.63, 3.8) is 0 Å². The molecule has 2 aromatic heterocycles. The molecular formula is C12H17N5O. The molecule has 0 fully saturated rings. The largest absolute Gasteiger partial charge is 0.327 e. The Morgan fingerprint density at radius 2 is 2.33 bits per heavy atom. The first-order chi connectivity index (χ1) is 8.58. The van der Waals surface area contributed by atoms with E-state index < -0.39 is 0 Å². The van der Waals surface area contributed by atoms with Crippen LogP contribution in [0.4, 0.5) is 0 Å². The molecule has 0 aromatic carbocycles. The molecule has 2 aromatic rings. The quantitative estimate of drug-likeness (QED) is 0.820. The van der Waals surface area contributed by atoms with Gasteiger partial charge in [0.25, 0.3) is 5.56 Å². The number of nitrogens with two attached hydrogens (primary N) is 1. The van der Waals surface area contributed by atoms with E-state index >= 15 is 0 Å². The fourth-order valence-electron chi connectivity index (χ4n) is 1.70. The average Bonchev–Trinajstić information content (AvgIpc) is 2.75. The Labute approximate surface area is 105 Å². The molecule has 0 aliphatic heterocycles. The molecule has 0 aliphatic carbocycles. The van der Waals surface area contributed by atoms with E-state index in [0.717, 1.165) is 12.0 Å². The van der Waals surface area contributed by atoms with Gasteiger partial charge in [-0.3, -0.25) is 9.48 Å². The van der Waals surface area contributed by atoms with Gasteiger partial charge in [0.1, 0.15) is 5.82 Å². The van der Waals surface area contributed by atoms with Crippen LogP contribution in [0.3, 0.4) is 0 Å². The van der Waals surface area contributed by atoms with E-state index in [9.17, 15) is 4.79 Å². The summed E-state index contributed by atoms with van der Waals surface area (Å²) in [6.07, 6.45) is 4.93. The van der Waals surface area contributed by atoms with Gasteiger partial charge in [0, 0.05) is 37.3 Å². The Kier molecular flexibility index (Phi) is 3.57. The van der Waals surface area contributed by atoms with Gasteiger partial charge in [0.05, 0.1) is 11.9 Å². The minimum Gasteiger partial charge on any atom is -0.327 e. The van der Waals surface area contributed by atoms with Gasteiger partial charge in [-0.25, -0.2) is 4.98 Å². The Bertz CT molecular complexity index is 586. The van der Waals surface area contributed by atoms with Crippen molar-refractivity contribution >= 4 is 0 Å². The second kappa shape index (κ2) is 5.14. The summed E-state index contributed by atoms with van der Waals surface area (Å²) in [6, 6.07) is 1.48. The van der Waals surface area contributed by atoms with Crippen LogP contribution < -0.4 is 11.3 Å². The van der Waals surface area contributed by atoms with Gasteiger partial charge in [-0.05, 0) is 6.42 Å². The third-order valence-corrected chi connectivity index (χ3v) is 2.77. The van der Waals surface area contributed by atoms with Crippen LogP contribution in [0.25, 0.3) is 11.3 Å². The molecule has 0 bridgehead atoms. The molecule has 0 saturated heterocycles. The Hall–Kier alpha value is -1.95. The predicted octanol–water partition coefficient (Wildman–Crippen LogP) is 0.450. The highest BCUT2D eigenvalue weighted by Gasteiger charge is 2.08. The number of aromatic nitrogens is 4. The van der Waals surface area contributed by atoms with Crippen molar-refractivity contribution in [2.75, 3.05) is 0 Å². The van der Waals surface area contributed by atoms with Crippen molar-refractivity contribution in [3.8, 4) is 11.3 Å². The molecule has 18 heavy (non-hydrogen) atoms. The molecule has 2 rings (SSSR count). The van der Waals surface area contributed by atoms with E-state index in [4.69, 9.17) is 5.73 Å². The first-order valence-corrected chi connectivity index (χ1v) is 5.93. The van der Waals surface area contributed by atoms with Gasteiger partial charge in [-0.2, -0.15) is 5.10 Å². The highest BCUT2D eigenvalue weighted by Crippen LogP contribution is 2.13. The van der Waals surface area contributed by atoms with Crippen LogP contribution >= 0.6 is 0 Å². The summed E-state index contributed by atoms with van der Waals surface area (Å²) in [4.78, 5) is 18.7. The molecule has 1 unspecified atom stereocenters. The zero-order valence-corrected chi connectivity index (χ0v) is 10.6. The molecule has 0 amide bonds. The Morgan fingerprint density at radius 3 is 2.94 bits per heavy atom. The van der Waals surface area contributed by atoms with Crippen molar-refractivity contribution in [3.05, 3.63) is 34.6 Å². The molecule has 3 N–H and O–H groups in total. The lowest BCUT2D eigenvalue weighted by atomic mass is 10.1. The fraction of sp³-hybridized carbons (Fsp3) is 0.417. The van der Waals surface area contributed by atoms with Crippen molar-refractivity contribution in [1.29, 1.82) is 0 Å². The summed E-state index contributed by atoms with van der Waals surface area (Å²) in [5.74, 6) is 0.621. The SMILES string of the molecule is CCC(N)Cc1nc(-c2cnn(C)c2)cc(=O)[nH]1. The number of nitrogens with one attached hydrogen (secondary N) is 1. The monoisotopic (exact) mass is 247 g/mol. The molecule has 0 aliphatic rings. The third kappa shape index (κ3) is 2.84. The lowest BCUT2D eigenvalue weighted by Crippen LogP contribution is -2.24. The molecule has 0 radical (unpaired) electrons. The van der Waals surface area contributed by atoms with Crippen LogP contribution in [-0.4, -0.2) is 25.8 Å². The molecule has 0 saturated carbocycles. The standard InChI is InChI=1S/C12H17N5O/c1-3-9(13)4-11-15-10(5-12(18)16-11)8-6-14-17(2)7-8/h5-7,9H,3-4,13H2,1-2H3,(H,15,16,18). The zero-order valence-electron chi connectivity index (χ0n) is 10.6. The third-order valence-electron chi connectivity index (χ3n) is 2.77. The highest BCUT2D eigenvalue weighted by atomic mass is 16.1. The summed E-state index contributed by atoms with van der Waals surface area (Å²) in [5.41, 5.74) is 7.16. The van der Waals surface area contributed by atoms with Crippen molar-refractivity contribution in [2.24, 2.45) is 12.8 Å². The van der Waals surface area contributed by atoms with E-state index in [0.29, 0.717) is 17.9 Å². The molecule has 6 nitrogen and oxygen atoms in total. The predicted molar refractivity (Wildman–Crippen MR) is 69.0 cm³/mol. The number of hydrogen-bond acceptors (Lipinski definition) is 4. The molecule has 6 heteroatoms. The lowest BCUT2D eigenvalue weighted by Gasteiger charge is -2.08. The second-order valence-electron chi connectivity index (χ2n) is 4.35. The highest BCUT2D eigenvalue weighted by molar-refractivity contribution is 5.56. The Morgan fingerprint density at radius 1 is 1.56 bits per heavy atom. The summed E-state index contributed by atoms with van der Waals surface area (Å²) in [6.45, 7) is 2.01. The maximum Gasteiger partial charge on any atom is 0.251 e. The summed E-state index contributed by atoms with van der Waals surface area (Å²) in [7, 11) is 1.82. The lowest BCUT2D eigenvalue weighted by molar-refractivity contribution is 0.623. The summed E-state index contributed by atoms with van der Waals surface area (Å²) in [5, 5.41) is 4.07. The first-order valence-electron chi connectivity index (χ1n) is 5.93. The summed E-state index contributed by atoms with van der Waals surface area (Å²) < 4.78 is 1.68. The smallest absolute Gasteiger partial charge is 0.251 e. The van der Waals surface area contributed by atoms with Gasteiger partial charge in [0.15, 0.2) is 0 Å². The van der Waals surface area contributed by atoms with Gasteiger partial charge < -0.3 is 10.7 Å². The topological polar surface area (TPSA) is 89.6 Å². The average molecular weight is 247 g/mol. The molecular weight excluding hydrogens is 230 g/mol. The van der Waals surface area contributed by atoms with E-state index in [1.54, 1.807) is 10.9 Å². The number of hydrogen-bond donors (Lipinski definition) is 2. The number of rotatable bonds is 4. The van der Waals surface area contributed by atoms with Gasteiger partial charge in [-0.1, -0.05) is 6.92 Å². The van der Waals surface area contributed by atoms with Crippen molar-refractivity contribution in [2.45, 2.75) is 25.8 Å². The number of aryl methyl sites for hydroxylation is 1.